The van der Waals surface area contributed by atoms with E-state index in [4.69, 9.17) is 4.52 Å². The third kappa shape index (κ3) is 3.00. The largest absolute Gasteiger partial charge is 0.340 e. The summed E-state index contributed by atoms with van der Waals surface area (Å²) in [5.74, 6) is 0.763. The molecule has 0 bridgehead atoms. The maximum atomic E-state index is 12.0. The van der Waals surface area contributed by atoms with Crippen molar-refractivity contribution in [2.45, 2.75) is 13.0 Å². The van der Waals surface area contributed by atoms with Crippen molar-refractivity contribution in [3.05, 3.63) is 58.6 Å². The van der Waals surface area contributed by atoms with Crippen LogP contribution in [0.25, 0.3) is 11.4 Å². The smallest absolute Gasteiger partial charge is 0.261 e. The molecule has 106 valence electrons. The summed E-state index contributed by atoms with van der Waals surface area (Å²) in [5, 5.41) is 8.64. The fourth-order valence-electron chi connectivity index (χ4n) is 1.85. The highest BCUT2D eigenvalue weighted by Crippen LogP contribution is 2.19. The van der Waals surface area contributed by atoms with Gasteiger partial charge in [-0.15, -0.1) is 11.3 Å². The van der Waals surface area contributed by atoms with Gasteiger partial charge >= 0.3 is 0 Å². The molecule has 0 aliphatic rings. The van der Waals surface area contributed by atoms with Crippen molar-refractivity contribution in [3.8, 4) is 11.4 Å². The number of hydrogen-bond acceptors (Lipinski definition) is 5. The summed E-state index contributed by atoms with van der Waals surface area (Å²) in [7, 11) is 0. The lowest BCUT2D eigenvalue weighted by atomic mass is 10.2. The highest BCUT2D eigenvalue weighted by molar-refractivity contribution is 7.12. The summed E-state index contributed by atoms with van der Waals surface area (Å²) in [6, 6.07) is 12.8. The number of aromatic nitrogens is 2. The Morgan fingerprint density at radius 2 is 2.05 bits per heavy atom. The van der Waals surface area contributed by atoms with Gasteiger partial charge in [-0.3, -0.25) is 4.79 Å². The van der Waals surface area contributed by atoms with E-state index in [0.717, 1.165) is 5.56 Å². The van der Waals surface area contributed by atoms with Crippen LogP contribution in [0.15, 0.2) is 52.4 Å². The Hall–Kier alpha value is -2.47. The van der Waals surface area contributed by atoms with E-state index in [1.54, 1.807) is 6.07 Å². The number of carbonyl (C=O) groups is 1. The van der Waals surface area contributed by atoms with Gasteiger partial charge in [-0.1, -0.05) is 41.6 Å². The van der Waals surface area contributed by atoms with Crippen LogP contribution in [0, 0.1) is 0 Å². The van der Waals surface area contributed by atoms with Crippen molar-refractivity contribution >= 4 is 17.2 Å². The second kappa shape index (κ2) is 5.88. The SMILES string of the molecule is C[C@@H](NC(=O)c1cccs1)c1nc(-c2ccccc2)no1. The normalized spacial score (nSPS) is 12.0. The number of hydrogen-bond donors (Lipinski definition) is 1. The molecule has 0 fully saturated rings. The van der Waals surface area contributed by atoms with Gasteiger partial charge in [0.2, 0.25) is 11.7 Å². The van der Waals surface area contributed by atoms with Crippen LogP contribution in [-0.4, -0.2) is 16.0 Å². The molecule has 0 aliphatic heterocycles. The molecule has 3 aromatic rings. The first-order valence-corrected chi connectivity index (χ1v) is 7.35. The first-order valence-electron chi connectivity index (χ1n) is 6.47. The average Bonchev–Trinajstić information content (AvgIpc) is 3.20. The zero-order valence-corrected chi connectivity index (χ0v) is 12.1. The maximum Gasteiger partial charge on any atom is 0.261 e. The van der Waals surface area contributed by atoms with Gasteiger partial charge in [-0.25, -0.2) is 0 Å². The minimum absolute atomic E-state index is 0.142. The van der Waals surface area contributed by atoms with E-state index in [1.807, 2.05) is 48.7 Å². The fourth-order valence-corrected chi connectivity index (χ4v) is 2.48. The van der Waals surface area contributed by atoms with Crippen LogP contribution in [0.3, 0.4) is 0 Å². The summed E-state index contributed by atoms with van der Waals surface area (Å²) >= 11 is 1.39. The van der Waals surface area contributed by atoms with Crippen molar-refractivity contribution in [2.24, 2.45) is 0 Å². The Balaban J connectivity index is 1.73. The van der Waals surface area contributed by atoms with Gasteiger partial charge in [0.25, 0.3) is 5.91 Å². The van der Waals surface area contributed by atoms with E-state index in [9.17, 15) is 4.79 Å². The monoisotopic (exact) mass is 299 g/mol. The van der Waals surface area contributed by atoms with Crippen molar-refractivity contribution in [1.82, 2.24) is 15.5 Å². The van der Waals surface area contributed by atoms with Crippen LogP contribution < -0.4 is 5.32 Å². The van der Waals surface area contributed by atoms with E-state index in [-0.39, 0.29) is 11.9 Å². The van der Waals surface area contributed by atoms with Gasteiger partial charge < -0.3 is 9.84 Å². The van der Waals surface area contributed by atoms with Gasteiger partial charge in [0.05, 0.1) is 4.88 Å². The lowest BCUT2D eigenvalue weighted by molar-refractivity contribution is 0.0936. The lowest BCUT2D eigenvalue weighted by Crippen LogP contribution is -2.26. The summed E-state index contributed by atoms with van der Waals surface area (Å²) in [5.41, 5.74) is 0.879. The molecular weight excluding hydrogens is 286 g/mol. The summed E-state index contributed by atoms with van der Waals surface area (Å²) < 4.78 is 5.23. The van der Waals surface area contributed by atoms with Gasteiger partial charge in [0, 0.05) is 5.56 Å². The fraction of sp³-hybridized carbons (Fsp3) is 0.133. The Bertz CT molecular complexity index is 722. The second-order valence-electron chi connectivity index (χ2n) is 4.49. The maximum absolute atomic E-state index is 12.0. The quantitative estimate of drug-likeness (QED) is 0.802. The number of rotatable bonds is 4. The molecular formula is C15H13N3O2S. The molecule has 21 heavy (non-hydrogen) atoms. The molecule has 1 aromatic carbocycles. The summed E-state index contributed by atoms with van der Waals surface area (Å²) in [4.78, 5) is 17.0. The summed E-state index contributed by atoms with van der Waals surface area (Å²) in [6.07, 6.45) is 0. The first-order chi connectivity index (χ1) is 10.2. The molecule has 6 heteroatoms. The lowest BCUT2D eigenvalue weighted by Gasteiger charge is -2.07. The molecule has 0 unspecified atom stereocenters. The van der Waals surface area contributed by atoms with Crippen LogP contribution in [0.2, 0.25) is 0 Å². The second-order valence-corrected chi connectivity index (χ2v) is 5.44. The highest BCUT2D eigenvalue weighted by atomic mass is 32.1. The highest BCUT2D eigenvalue weighted by Gasteiger charge is 2.18. The van der Waals surface area contributed by atoms with E-state index >= 15 is 0 Å². The molecule has 1 N–H and O–H groups in total. The van der Waals surface area contributed by atoms with Gasteiger partial charge in [0.1, 0.15) is 6.04 Å². The molecule has 3 rings (SSSR count). The van der Waals surface area contributed by atoms with E-state index in [2.05, 4.69) is 15.5 Å². The molecule has 2 aromatic heterocycles. The van der Waals surface area contributed by atoms with Crippen molar-refractivity contribution in [3.63, 3.8) is 0 Å². The van der Waals surface area contributed by atoms with Crippen LogP contribution in [0.5, 0.6) is 0 Å². The van der Waals surface area contributed by atoms with E-state index in [1.165, 1.54) is 11.3 Å². The van der Waals surface area contributed by atoms with Gasteiger partial charge in [0.15, 0.2) is 0 Å². The Kier molecular flexibility index (Phi) is 3.79. The van der Waals surface area contributed by atoms with Gasteiger partial charge in [-0.2, -0.15) is 4.98 Å². The van der Waals surface area contributed by atoms with E-state index < -0.39 is 0 Å². The van der Waals surface area contributed by atoms with Gasteiger partial charge in [-0.05, 0) is 18.4 Å². The first kappa shape index (κ1) is 13.5. The minimum atomic E-state index is -0.343. The number of benzene rings is 1. The molecule has 5 nitrogen and oxygen atoms in total. The molecule has 0 radical (unpaired) electrons. The number of thiophene rings is 1. The number of carbonyl (C=O) groups excluding carboxylic acids is 1. The molecule has 0 aliphatic carbocycles. The Labute approximate surface area is 125 Å². The number of amides is 1. The van der Waals surface area contributed by atoms with Crippen molar-refractivity contribution < 1.29 is 9.32 Å². The van der Waals surface area contributed by atoms with Crippen LogP contribution in [0.4, 0.5) is 0 Å². The minimum Gasteiger partial charge on any atom is -0.340 e. The predicted octanol–water partition coefficient (Wildman–Crippen LogP) is 3.29. The third-order valence-corrected chi connectivity index (χ3v) is 3.81. The number of nitrogens with zero attached hydrogens (tertiary/aromatic N) is 2. The predicted molar refractivity (Wildman–Crippen MR) is 79.9 cm³/mol. The molecule has 0 saturated carbocycles. The topological polar surface area (TPSA) is 68.0 Å². The standard InChI is InChI=1S/C15H13N3O2S/c1-10(16-14(19)12-8-5-9-21-12)15-17-13(18-20-15)11-6-3-2-4-7-11/h2-10H,1H3,(H,16,19)/t10-/m1/s1. The van der Waals surface area contributed by atoms with Crippen LogP contribution in [0.1, 0.15) is 28.5 Å². The van der Waals surface area contributed by atoms with Crippen LogP contribution in [-0.2, 0) is 0 Å². The van der Waals surface area contributed by atoms with Crippen LogP contribution >= 0.6 is 11.3 Å². The average molecular weight is 299 g/mol. The molecule has 2 heterocycles. The number of nitrogens with one attached hydrogen (secondary N) is 1. The Morgan fingerprint density at radius 3 is 2.76 bits per heavy atom. The zero-order valence-electron chi connectivity index (χ0n) is 11.3. The van der Waals surface area contributed by atoms with E-state index in [0.29, 0.717) is 16.6 Å². The molecule has 0 spiro atoms. The molecule has 0 saturated heterocycles. The zero-order chi connectivity index (χ0) is 14.7. The van der Waals surface area contributed by atoms with Crippen molar-refractivity contribution in [2.75, 3.05) is 0 Å². The Morgan fingerprint density at radius 1 is 1.24 bits per heavy atom. The third-order valence-electron chi connectivity index (χ3n) is 2.94. The van der Waals surface area contributed by atoms with Crippen molar-refractivity contribution in [1.29, 1.82) is 0 Å². The molecule has 1 amide bonds. The molecule has 1 atom stereocenters. The summed E-state index contributed by atoms with van der Waals surface area (Å²) in [6.45, 7) is 1.81.